The van der Waals surface area contributed by atoms with Gasteiger partial charge in [0.2, 0.25) is 0 Å². The van der Waals surface area contributed by atoms with Crippen LogP contribution < -0.4 is 5.69 Å². The number of aromatic amines is 1. The van der Waals surface area contributed by atoms with Gasteiger partial charge in [0, 0.05) is 12.3 Å². The maximum atomic E-state index is 11.4. The highest BCUT2D eigenvalue weighted by Gasteiger charge is 2.26. The van der Waals surface area contributed by atoms with Gasteiger partial charge in [0.1, 0.15) is 0 Å². The van der Waals surface area contributed by atoms with Gasteiger partial charge in [-0.05, 0) is 26.7 Å². The fourth-order valence-electron chi connectivity index (χ4n) is 1.34. The Morgan fingerprint density at radius 2 is 2.22 bits per heavy atom. The topological polar surface area (TPSA) is 88.0 Å². The second-order valence-electron chi connectivity index (χ2n) is 4.75. The van der Waals surface area contributed by atoms with Gasteiger partial charge in [0.05, 0.1) is 5.41 Å². The normalized spacial score (nSPS) is 11.7. The van der Waals surface area contributed by atoms with E-state index in [0.29, 0.717) is 23.9 Å². The number of rotatable bonds is 7. The predicted octanol–water partition coefficient (Wildman–Crippen LogP) is 1.57. The zero-order chi connectivity index (χ0) is 13.8. The van der Waals surface area contributed by atoms with E-state index in [9.17, 15) is 9.59 Å². The molecule has 0 saturated heterocycles. The van der Waals surface area contributed by atoms with Crippen LogP contribution in [-0.2, 0) is 11.3 Å². The van der Waals surface area contributed by atoms with E-state index >= 15 is 0 Å². The average molecular weight is 273 g/mol. The monoisotopic (exact) mass is 273 g/mol. The fraction of sp³-hybridized carbons (Fsp3) is 0.727. The predicted molar refractivity (Wildman–Crippen MR) is 69.9 cm³/mol. The van der Waals surface area contributed by atoms with Gasteiger partial charge in [-0.15, -0.1) is 5.10 Å². The molecule has 0 spiro atoms. The Balaban J connectivity index is 2.59. The summed E-state index contributed by atoms with van der Waals surface area (Å²) in [5, 5.41) is 16.0. The molecule has 102 valence electrons. The zero-order valence-electron chi connectivity index (χ0n) is 10.9. The molecule has 0 aromatic carbocycles. The minimum absolute atomic E-state index is 0.211. The van der Waals surface area contributed by atoms with Crippen LogP contribution in [-0.4, -0.2) is 31.6 Å². The SMILES string of the molecule is CCCn1c(SCCC(C)(C)C(=O)O)n[nH]c1=O. The number of nitrogens with one attached hydrogen (secondary N) is 1. The highest BCUT2D eigenvalue weighted by atomic mass is 32.2. The van der Waals surface area contributed by atoms with Gasteiger partial charge >= 0.3 is 11.7 Å². The molecule has 0 fully saturated rings. The smallest absolute Gasteiger partial charge is 0.343 e. The zero-order valence-corrected chi connectivity index (χ0v) is 11.7. The molecule has 0 aliphatic heterocycles. The molecule has 1 heterocycles. The van der Waals surface area contributed by atoms with Gasteiger partial charge in [-0.2, -0.15) is 0 Å². The molecule has 1 aromatic heterocycles. The van der Waals surface area contributed by atoms with Crippen LogP contribution in [0, 0.1) is 5.41 Å². The van der Waals surface area contributed by atoms with E-state index in [-0.39, 0.29) is 5.69 Å². The van der Waals surface area contributed by atoms with Crippen molar-refractivity contribution < 1.29 is 9.90 Å². The van der Waals surface area contributed by atoms with Crippen molar-refractivity contribution in [3.05, 3.63) is 10.5 Å². The molecule has 0 saturated carbocycles. The summed E-state index contributed by atoms with van der Waals surface area (Å²) in [5.41, 5.74) is -0.962. The summed E-state index contributed by atoms with van der Waals surface area (Å²) in [7, 11) is 0. The Kier molecular flexibility index (Phi) is 5.01. The van der Waals surface area contributed by atoms with Crippen LogP contribution >= 0.6 is 11.8 Å². The van der Waals surface area contributed by atoms with Crippen LogP contribution in [0.15, 0.2) is 9.95 Å². The first-order valence-electron chi connectivity index (χ1n) is 5.90. The van der Waals surface area contributed by atoms with E-state index in [2.05, 4.69) is 10.2 Å². The first kappa shape index (κ1) is 14.8. The number of aliphatic carboxylic acids is 1. The highest BCUT2D eigenvalue weighted by molar-refractivity contribution is 7.99. The molecular formula is C11H19N3O3S. The molecule has 18 heavy (non-hydrogen) atoms. The van der Waals surface area contributed by atoms with Crippen LogP contribution in [0.3, 0.4) is 0 Å². The Bertz CT molecular complexity index is 464. The van der Waals surface area contributed by atoms with E-state index in [1.807, 2.05) is 6.92 Å². The molecule has 0 radical (unpaired) electrons. The molecular weight excluding hydrogens is 254 g/mol. The fourth-order valence-corrected chi connectivity index (χ4v) is 2.57. The number of aromatic nitrogens is 3. The number of nitrogens with zero attached hydrogens (tertiary/aromatic N) is 2. The standard InChI is InChI=1S/C11H19N3O3S/c1-4-6-14-9(17)12-13-10(14)18-7-5-11(2,3)8(15)16/h4-7H2,1-3H3,(H,12,17)(H,15,16). The molecule has 7 heteroatoms. The largest absolute Gasteiger partial charge is 0.481 e. The van der Waals surface area contributed by atoms with Crippen molar-refractivity contribution in [1.82, 2.24) is 14.8 Å². The molecule has 0 amide bonds. The second kappa shape index (κ2) is 6.08. The van der Waals surface area contributed by atoms with Crippen molar-refractivity contribution >= 4 is 17.7 Å². The Hall–Kier alpha value is -1.24. The van der Waals surface area contributed by atoms with Gasteiger partial charge in [-0.25, -0.2) is 9.89 Å². The van der Waals surface area contributed by atoms with Crippen LogP contribution in [0.25, 0.3) is 0 Å². The maximum absolute atomic E-state index is 11.4. The molecule has 2 N–H and O–H groups in total. The van der Waals surface area contributed by atoms with Gasteiger partial charge in [0.15, 0.2) is 5.16 Å². The molecule has 1 aromatic rings. The van der Waals surface area contributed by atoms with E-state index in [0.717, 1.165) is 6.42 Å². The summed E-state index contributed by atoms with van der Waals surface area (Å²) < 4.78 is 1.58. The number of hydrogen-bond donors (Lipinski definition) is 2. The molecule has 0 bridgehead atoms. The number of hydrogen-bond acceptors (Lipinski definition) is 4. The van der Waals surface area contributed by atoms with Gasteiger partial charge in [-0.1, -0.05) is 18.7 Å². The van der Waals surface area contributed by atoms with Crippen molar-refractivity contribution in [2.45, 2.75) is 45.3 Å². The van der Waals surface area contributed by atoms with E-state index in [1.54, 1.807) is 18.4 Å². The summed E-state index contributed by atoms with van der Waals surface area (Å²) in [4.78, 5) is 22.4. The summed E-state index contributed by atoms with van der Waals surface area (Å²) in [6.45, 7) is 6.00. The second-order valence-corrected chi connectivity index (χ2v) is 5.81. The van der Waals surface area contributed by atoms with Crippen LogP contribution in [0.5, 0.6) is 0 Å². The minimum Gasteiger partial charge on any atom is -0.481 e. The van der Waals surface area contributed by atoms with Crippen LogP contribution in [0.2, 0.25) is 0 Å². The third-order valence-corrected chi connectivity index (χ3v) is 3.69. The Morgan fingerprint density at radius 3 is 2.78 bits per heavy atom. The van der Waals surface area contributed by atoms with Crippen LogP contribution in [0.4, 0.5) is 0 Å². The summed E-state index contributed by atoms with van der Waals surface area (Å²) >= 11 is 1.41. The average Bonchev–Trinajstić information content (AvgIpc) is 2.61. The molecule has 0 atom stereocenters. The molecule has 6 nitrogen and oxygen atoms in total. The van der Waals surface area contributed by atoms with E-state index in [1.165, 1.54) is 11.8 Å². The first-order chi connectivity index (χ1) is 8.38. The molecule has 0 aliphatic rings. The lowest BCUT2D eigenvalue weighted by molar-refractivity contribution is -0.146. The lowest BCUT2D eigenvalue weighted by atomic mass is 9.91. The van der Waals surface area contributed by atoms with Crippen LogP contribution in [0.1, 0.15) is 33.6 Å². The van der Waals surface area contributed by atoms with E-state index < -0.39 is 11.4 Å². The third kappa shape index (κ3) is 3.63. The van der Waals surface area contributed by atoms with E-state index in [4.69, 9.17) is 5.11 Å². The number of H-pyrrole nitrogens is 1. The highest BCUT2D eigenvalue weighted by Crippen LogP contribution is 2.25. The molecule has 0 unspecified atom stereocenters. The van der Waals surface area contributed by atoms with Crippen molar-refractivity contribution in [1.29, 1.82) is 0 Å². The molecule has 1 rings (SSSR count). The molecule has 0 aliphatic carbocycles. The van der Waals surface area contributed by atoms with Crippen molar-refractivity contribution in [3.8, 4) is 0 Å². The van der Waals surface area contributed by atoms with Gasteiger partial charge < -0.3 is 5.11 Å². The minimum atomic E-state index is -0.809. The number of thioether (sulfide) groups is 1. The summed E-state index contributed by atoms with van der Waals surface area (Å²) in [6, 6.07) is 0. The van der Waals surface area contributed by atoms with Gasteiger partial charge in [-0.3, -0.25) is 9.36 Å². The van der Waals surface area contributed by atoms with Crippen molar-refractivity contribution in [2.75, 3.05) is 5.75 Å². The number of carbonyl (C=O) groups is 1. The quantitative estimate of drug-likeness (QED) is 0.736. The lowest BCUT2D eigenvalue weighted by Crippen LogP contribution is -2.24. The first-order valence-corrected chi connectivity index (χ1v) is 6.88. The van der Waals surface area contributed by atoms with Crippen molar-refractivity contribution in [2.24, 2.45) is 5.41 Å². The third-order valence-electron chi connectivity index (χ3n) is 2.71. The van der Waals surface area contributed by atoms with Gasteiger partial charge in [0.25, 0.3) is 0 Å². The number of carboxylic acid groups (broad SMARTS) is 1. The lowest BCUT2D eigenvalue weighted by Gasteiger charge is -2.18. The summed E-state index contributed by atoms with van der Waals surface area (Å²) in [6.07, 6.45) is 1.38. The Morgan fingerprint density at radius 1 is 1.56 bits per heavy atom. The Labute approximate surface area is 110 Å². The maximum Gasteiger partial charge on any atom is 0.343 e. The van der Waals surface area contributed by atoms with Crippen molar-refractivity contribution in [3.63, 3.8) is 0 Å². The number of carboxylic acids is 1. The summed E-state index contributed by atoms with van der Waals surface area (Å²) in [5.74, 6) is -0.191.